The molecule has 1 aromatic carbocycles. The lowest BCUT2D eigenvalue weighted by Gasteiger charge is -2.38. The molecule has 0 spiro atoms. The summed E-state index contributed by atoms with van der Waals surface area (Å²) in [6, 6.07) is 3.08. The van der Waals surface area contributed by atoms with Gasteiger partial charge in [-0.05, 0) is 32.0 Å². The highest BCUT2D eigenvalue weighted by Crippen LogP contribution is 2.36. The molecule has 2 fully saturated rings. The van der Waals surface area contributed by atoms with Gasteiger partial charge in [0.25, 0.3) is 0 Å². The van der Waals surface area contributed by atoms with Crippen molar-refractivity contribution in [1.29, 1.82) is 0 Å². The molecule has 2 aliphatic rings. The highest BCUT2D eigenvalue weighted by molar-refractivity contribution is 7.89. The quantitative estimate of drug-likeness (QED) is 0.133. The molecule has 19 heteroatoms. The minimum atomic E-state index is -4.80. The monoisotopic (exact) mass is 728 g/mol. The second-order valence-corrected chi connectivity index (χ2v) is 14.7. The van der Waals surface area contributed by atoms with Crippen molar-refractivity contribution in [1.82, 2.24) is 44.5 Å². The second-order valence-electron chi connectivity index (χ2n) is 12.9. The Morgan fingerprint density at radius 2 is 1.70 bits per heavy atom. The van der Waals surface area contributed by atoms with Crippen molar-refractivity contribution in [2.24, 2.45) is 0 Å². The minimum absolute atomic E-state index is 0.00340. The van der Waals surface area contributed by atoms with E-state index in [0.717, 1.165) is 83.8 Å². The molecule has 0 radical (unpaired) electrons. The SMILES string of the molecule is CC(C)(O)Cn1cc(-c2nc(Nc3ccc(S(=O)(=O)NCCOCCN4CCN(CN5CCNCC5)CC4)cc3F)ncc2C(F)(F)F)cn1. The van der Waals surface area contributed by atoms with Crippen LogP contribution in [0.3, 0.4) is 0 Å². The fourth-order valence-corrected chi connectivity index (χ4v) is 6.66. The van der Waals surface area contributed by atoms with Crippen LogP contribution in [0.4, 0.5) is 29.2 Å². The third-order valence-corrected chi connectivity index (χ3v) is 9.67. The number of alkyl halides is 3. The first kappa shape index (κ1) is 37.9. The van der Waals surface area contributed by atoms with Gasteiger partial charge in [-0.3, -0.25) is 19.4 Å². The van der Waals surface area contributed by atoms with Crippen molar-refractivity contribution in [3.8, 4) is 11.3 Å². The number of rotatable bonds is 15. The van der Waals surface area contributed by atoms with Crippen molar-refractivity contribution in [2.75, 3.05) is 90.6 Å². The normalized spacial score (nSPS) is 17.3. The first-order chi connectivity index (χ1) is 23.7. The molecule has 0 unspecified atom stereocenters. The van der Waals surface area contributed by atoms with E-state index in [4.69, 9.17) is 4.74 Å². The zero-order valence-electron chi connectivity index (χ0n) is 28.1. The molecule has 0 aliphatic carbocycles. The number of nitrogens with one attached hydrogen (secondary N) is 3. The number of piperazine rings is 2. The van der Waals surface area contributed by atoms with E-state index in [1.165, 1.54) is 30.9 Å². The number of nitrogens with zero attached hydrogens (tertiary/aromatic N) is 7. The fraction of sp³-hybridized carbons (Fsp3) is 0.581. The largest absolute Gasteiger partial charge is 0.419 e. The van der Waals surface area contributed by atoms with Crippen LogP contribution in [0.5, 0.6) is 0 Å². The zero-order chi connectivity index (χ0) is 35.9. The summed E-state index contributed by atoms with van der Waals surface area (Å²) in [5.41, 5.74) is -3.06. The Labute approximate surface area is 288 Å². The van der Waals surface area contributed by atoms with E-state index >= 15 is 4.39 Å². The van der Waals surface area contributed by atoms with Crippen LogP contribution >= 0.6 is 0 Å². The third-order valence-electron chi connectivity index (χ3n) is 8.21. The lowest BCUT2D eigenvalue weighted by atomic mass is 10.1. The van der Waals surface area contributed by atoms with Crippen LogP contribution in [0.25, 0.3) is 11.3 Å². The number of hydrogen-bond donors (Lipinski definition) is 4. The summed E-state index contributed by atoms with van der Waals surface area (Å²) in [5.74, 6) is -1.34. The maximum atomic E-state index is 15.1. The Morgan fingerprint density at radius 1 is 1.00 bits per heavy atom. The number of benzene rings is 1. The zero-order valence-corrected chi connectivity index (χ0v) is 28.9. The van der Waals surface area contributed by atoms with Crippen molar-refractivity contribution < 1.29 is 35.8 Å². The minimum Gasteiger partial charge on any atom is -0.389 e. The Kier molecular flexibility index (Phi) is 12.4. The number of sulfonamides is 1. The lowest BCUT2D eigenvalue weighted by molar-refractivity contribution is -0.137. The Morgan fingerprint density at radius 3 is 2.38 bits per heavy atom. The van der Waals surface area contributed by atoms with Crippen LogP contribution in [0.2, 0.25) is 0 Å². The molecule has 14 nitrogen and oxygen atoms in total. The van der Waals surface area contributed by atoms with Gasteiger partial charge in [0.2, 0.25) is 16.0 Å². The van der Waals surface area contributed by atoms with Gasteiger partial charge in [-0.2, -0.15) is 18.3 Å². The molecule has 3 aromatic rings. The van der Waals surface area contributed by atoms with Gasteiger partial charge in [0.05, 0.1) is 54.5 Å². The summed E-state index contributed by atoms with van der Waals surface area (Å²) in [4.78, 5) is 14.6. The van der Waals surface area contributed by atoms with Crippen molar-refractivity contribution in [3.05, 3.63) is 48.2 Å². The van der Waals surface area contributed by atoms with Crippen LogP contribution in [0.1, 0.15) is 19.4 Å². The number of ether oxygens (including phenoxy) is 1. The lowest BCUT2D eigenvalue weighted by Crippen LogP contribution is -2.53. The van der Waals surface area contributed by atoms with Crippen molar-refractivity contribution in [2.45, 2.75) is 37.1 Å². The van der Waals surface area contributed by atoms with Crippen LogP contribution in [0, 0.1) is 5.82 Å². The smallest absolute Gasteiger partial charge is 0.389 e. The number of aromatic nitrogens is 4. The van der Waals surface area contributed by atoms with Gasteiger partial charge < -0.3 is 20.5 Å². The van der Waals surface area contributed by atoms with Crippen LogP contribution < -0.4 is 15.4 Å². The van der Waals surface area contributed by atoms with Gasteiger partial charge in [0.1, 0.15) is 11.4 Å². The van der Waals surface area contributed by atoms with E-state index < -0.39 is 38.9 Å². The third kappa shape index (κ3) is 10.8. The molecular formula is C31H44F4N10O4S. The molecule has 0 saturated carbocycles. The summed E-state index contributed by atoms with van der Waals surface area (Å²) in [6.45, 7) is 13.4. The van der Waals surface area contributed by atoms with E-state index in [1.54, 1.807) is 0 Å². The summed E-state index contributed by atoms with van der Waals surface area (Å²) in [6.07, 6.45) is -1.76. The predicted octanol–water partition coefficient (Wildman–Crippen LogP) is 1.79. The highest BCUT2D eigenvalue weighted by atomic mass is 32.2. The average molecular weight is 729 g/mol. The molecule has 50 heavy (non-hydrogen) atoms. The number of anilines is 2. The Hall–Kier alpha value is -3.30. The summed E-state index contributed by atoms with van der Waals surface area (Å²) in [5, 5.41) is 19.9. The highest BCUT2D eigenvalue weighted by Gasteiger charge is 2.36. The predicted molar refractivity (Wildman–Crippen MR) is 178 cm³/mol. The molecule has 2 aromatic heterocycles. The van der Waals surface area contributed by atoms with Crippen LogP contribution in [0.15, 0.2) is 41.7 Å². The van der Waals surface area contributed by atoms with Crippen molar-refractivity contribution >= 4 is 21.7 Å². The maximum Gasteiger partial charge on any atom is 0.419 e. The average Bonchev–Trinajstić information content (AvgIpc) is 3.51. The standard InChI is InChI=1S/C31H44F4N10O4S/c1-30(2,46)21-45-20-23(18-38-45)28-25(31(33,34)35)19-37-29(41-28)40-27-4-3-24(17-26(27)32)50(47,48)39-7-15-49-16-14-42-10-12-44(13-11-42)22-43-8-5-36-6-9-43/h3-4,17-20,36,39,46H,5-16,21-22H2,1-2H3,(H,37,40,41). The maximum absolute atomic E-state index is 15.1. The molecule has 0 bridgehead atoms. The van der Waals surface area contributed by atoms with E-state index in [2.05, 4.69) is 45.1 Å². The van der Waals surface area contributed by atoms with E-state index in [9.17, 15) is 26.7 Å². The fourth-order valence-electron chi connectivity index (χ4n) is 5.64. The van der Waals surface area contributed by atoms with Gasteiger partial charge in [0, 0.05) is 83.4 Å². The molecular weight excluding hydrogens is 684 g/mol. The molecule has 0 amide bonds. The van der Waals surface area contributed by atoms with Gasteiger partial charge >= 0.3 is 6.18 Å². The number of halogens is 4. The molecule has 276 valence electrons. The summed E-state index contributed by atoms with van der Waals surface area (Å²) in [7, 11) is -4.08. The Bertz CT molecular complexity index is 1670. The van der Waals surface area contributed by atoms with Crippen molar-refractivity contribution in [3.63, 3.8) is 0 Å². The van der Waals surface area contributed by atoms with Gasteiger partial charge in [-0.15, -0.1) is 0 Å². The molecule has 4 N–H and O–H groups in total. The van der Waals surface area contributed by atoms with Gasteiger partial charge in [-0.25, -0.2) is 27.5 Å². The van der Waals surface area contributed by atoms with Crippen LogP contribution in [-0.4, -0.2) is 139 Å². The molecule has 5 rings (SSSR count). The van der Waals surface area contributed by atoms with Crippen LogP contribution in [-0.2, 0) is 27.5 Å². The van der Waals surface area contributed by atoms with Gasteiger partial charge in [-0.1, -0.05) is 0 Å². The summed E-state index contributed by atoms with van der Waals surface area (Å²) < 4.78 is 91.3. The topological polar surface area (TPSA) is 153 Å². The van der Waals surface area contributed by atoms with E-state index in [-0.39, 0.29) is 41.8 Å². The first-order valence-electron chi connectivity index (χ1n) is 16.4. The van der Waals surface area contributed by atoms with Gasteiger partial charge in [0.15, 0.2) is 0 Å². The summed E-state index contributed by atoms with van der Waals surface area (Å²) >= 11 is 0. The molecule has 2 saturated heterocycles. The number of aliphatic hydroxyl groups is 1. The van der Waals surface area contributed by atoms with E-state index in [0.29, 0.717) is 12.8 Å². The molecule has 0 atom stereocenters. The van der Waals surface area contributed by atoms with E-state index in [1.807, 2.05) is 0 Å². The first-order valence-corrected chi connectivity index (χ1v) is 17.9. The Balaban J connectivity index is 1.10. The molecule has 2 aliphatic heterocycles. The number of hydrogen-bond acceptors (Lipinski definition) is 12. The second kappa shape index (κ2) is 16.4. The molecule has 4 heterocycles.